The third-order valence-electron chi connectivity index (χ3n) is 4.57. The standard InChI is InChI=1S/C18H23N3O3S2/c1-12(2)18(16-4-3-9-25-16)20-11-17(22)21-8-7-13-10-14(26(19,23)24)5-6-15(13)21/h3-6,9-10,12,18,20H,7-8,11H2,1-2H3,(H2,19,23,24). The monoisotopic (exact) mass is 393 g/mol. The van der Waals surface area contributed by atoms with Crippen LogP contribution in [-0.4, -0.2) is 27.4 Å². The van der Waals surface area contributed by atoms with Gasteiger partial charge in [-0.25, -0.2) is 13.6 Å². The van der Waals surface area contributed by atoms with E-state index < -0.39 is 10.0 Å². The fourth-order valence-electron chi connectivity index (χ4n) is 3.24. The maximum atomic E-state index is 12.7. The van der Waals surface area contributed by atoms with Crippen molar-refractivity contribution in [3.63, 3.8) is 0 Å². The topological polar surface area (TPSA) is 92.5 Å². The average Bonchev–Trinajstić information content (AvgIpc) is 3.22. The fourth-order valence-corrected chi connectivity index (χ4v) is 4.78. The Balaban J connectivity index is 1.71. The number of carbonyl (C=O) groups excluding carboxylic acids is 1. The van der Waals surface area contributed by atoms with Gasteiger partial charge in [0.2, 0.25) is 15.9 Å². The zero-order valence-corrected chi connectivity index (χ0v) is 16.4. The summed E-state index contributed by atoms with van der Waals surface area (Å²) in [6, 6.07) is 8.90. The van der Waals surface area contributed by atoms with Crippen molar-refractivity contribution < 1.29 is 13.2 Å². The summed E-state index contributed by atoms with van der Waals surface area (Å²) in [7, 11) is -3.73. The Bertz CT molecular complexity index is 892. The van der Waals surface area contributed by atoms with E-state index in [1.807, 2.05) is 11.4 Å². The molecule has 8 heteroatoms. The molecule has 0 radical (unpaired) electrons. The first-order valence-corrected chi connectivity index (χ1v) is 10.9. The Hall–Kier alpha value is -1.74. The van der Waals surface area contributed by atoms with Crippen LogP contribution in [0.3, 0.4) is 0 Å². The molecule has 0 saturated carbocycles. The van der Waals surface area contributed by atoms with Crippen LogP contribution in [-0.2, 0) is 21.2 Å². The highest BCUT2D eigenvalue weighted by Crippen LogP contribution is 2.30. The predicted molar refractivity (Wildman–Crippen MR) is 104 cm³/mol. The molecule has 26 heavy (non-hydrogen) atoms. The molecule has 6 nitrogen and oxygen atoms in total. The lowest BCUT2D eigenvalue weighted by Crippen LogP contribution is -2.39. The molecule has 3 rings (SSSR count). The molecule has 1 aliphatic heterocycles. The van der Waals surface area contributed by atoms with E-state index in [4.69, 9.17) is 5.14 Å². The van der Waals surface area contributed by atoms with E-state index in [-0.39, 0.29) is 23.4 Å². The molecular weight excluding hydrogens is 370 g/mol. The van der Waals surface area contributed by atoms with E-state index in [0.29, 0.717) is 18.9 Å². The van der Waals surface area contributed by atoms with Gasteiger partial charge in [-0.1, -0.05) is 19.9 Å². The lowest BCUT2D eigenvalue weighted by atomic mass is 10.0. The van der Waals surface area contributed by atoms with Crippen molar-refractivity contribution in [1.82, 2.24) is 5.32 Å². The van der Waals surface area contributed by atoms with Crippen LogP contribution in [0.4, 0.5) is 5.69 Å². The Labute approximate surface area is 158 Å². The van der Waals surface area contributed by atoms with Gasteiger partial charge in [0.25, 0.3) is 0 Å². The van der Waals surface area contributed by atoms with Gasteiger partial charge < -0.3 is 10.2 Å². The number of hydrogen-bond donors (Lipinski definition) is 2. The van der Waals surface area contributed by atoms with Crippen LogP contribution in [0.25, 0.3) is 0 Å². The van der Waals surface area contributed by atoms with Crippen molar-refractivity contribution in [3.8, 4) is 0 Å². The molecule has 0 saturated heterocycles. The molecule has 2 aromatic rings. The highest BCUT2D eigenvalue weighted by atomic mass is 32.2. The van der Waals surface area contributed by atoms with Gasteiger partial charge in [0.1, 0.15) is 0 Å². The molecule has 3 N–H and O–H groups in total. The van der Waals surface area contributed by atoms with E-state index in [1.165, 1.54) is 10.9 Å². The number of nitrogens with zero attached hydrogens (tertiary/aromatic N) is 1. The second kappa shape index (κ2) is 7.48. The smallest absolute Gasteiger partial charge is 0.240 e. The second-order valence-electron chi connectivity index (χ2n) is 6.75. The van der Waals surface area contributed by atoms with Crippen LogP contribution in [0.1, 0.15) is 30.3 Å². The predicted octanol–water partition coefficient (Wildman–Crippen LogP) is 2.27. The van der Waals surface area contributed by atoms with Gasteiger partial charge in [-0.15, -0.1) is 11.3 Å². The summed E-state index contributed by atoms with van der Waals surface area (Å²) < 4.78 is 23.0. The largest absolute Gasteiger partial charge is 0.311 e. The van der Waals surface area contributed by atoms with E-state index >= 15 is 0 Å². The highest BCUT2D eigenvalue weighted by Gasteiger charge is 2.27. The van der Waals surface area contributed by atoms with Crippen molar-refractivity contribution in [1.29, 1.82) is 0 Å². The zero-order valence-electron chi connectivity index (χ0n) is 14.8. The minimum Gasteiger partial charge on any atom is -0.311 e. The molecular formula is C18H23N3O3S2. The van der Waals surface area contributed by atoms with Crippen LogP contribution < -0.4 is 15.4 Å². The Morgan fingerprint density at radius 1 is 1.35 bits per heavy atom. The molecule has 1 amide bonds. The number of primary sulfonamides is 1. The van der Waals surface area contributed by atoms with Crippen molar-refractivity contribution in [2.75, 3.05) is 18.0 Å². The number of rotatable bonds is 6. The second-order valence-corrected chi connectivity index (χ2v) is 9.29. The van der Waals surface area contributed by atoms with Crippen LogP contribution in [0.5, 0.6) is 0 Å². The summed E-state index contributed by atoms with van der Waals surface area (Å²) in [6.45, 7) is 5.04. The minimum atomic E-state index is -3.73. The third kappa shape index (κ3) is 3.98. The van der Waals surface area contributed by atoms with Crippen molar-refractivity contribution in [2.45, 2.75) is 31.2 Å². The SMILES string of the molecule is CC(C)C(NCC(=O)N1CCc2cc(S(N)(=O)=O)ccc21)c1cccs1. The first-order valence-electron chi connectivity index (χ1n) is 8.50. The van der Waals surface area contributed by atoms with Crippen LogP contribution in [0.15, 0.2) is 40.6 Å². The molecule has 1 aliphatic rings. The molecule has 1 unspecified atom stereocenters. The van der Waals surface area contributed by atoms with E-state index in [9.17, 15) is 13.2 Å². The maximum Gasteiger partial charge on any atom is 0.240 e. The normalized spacial score (nSPS) is 15.3. The number of amides is 1. The Morgan fingerprint density at radius 3 is 2.73 bits per heavy atom. The molecule has 0 fully saturated rings. The number of nitrogens with two attached hydrogens (primary N) is 1. The molecule has 1 aromatic carbocycles. The first-order chi connectivity index (χ1) is 12.3. The van der Waals surface area contributed by atoms with Gasteiger partial charge >= 0.3 is 0 Å². The van der Waals surface area contributed by atoms with Crippen LogP contribution in [0, 0.1) is 5.92 Å². The summed E-state index contributed by atoms with van der Waals surface area (Å²) in [4.78, 5) is 15.7. The number of sulfonamides is 1. The minimum absolute atomic E-state index is 0.0192. The summed E-state index contributed by atoms with van der Waals surface area (Å²) in [5.74, 6) is 0.346. The van der Waals surface area contributed by atoms with Crippen molar-refractivity contribution >= 4 is 33.0 Å². The number of fused-ring (bicyclic) bond motifs is 1. The summed E-state index contributed by atoms with van der Waals surface area (Å²) >= 11 is 1.68. The molecule has 0 bridgehead atoms. The number of thiophene rings is 1. The summed E-state index contributed by atoms with van der Waals surface area (Å²) in [5.41, 5.74) is 1.60. The zero-order chi connectivity index (χ0) is 18.9. The van der Waals surface area contributed by atoms with E-state index in [1.54, 1.807) is 28.4 Å². The van der Waals surface area contributed by atoms with Gasteiger partial charge in [0.15, 0.2) is 0 Å². The first kappa shape index (κ1) is 19.0. The van der Waals surface area contributed by atoms with Gasteiger partial charge in [-0.2, -0.15) is 0 Å². The summed E-state index contributed by atoms with van der Waals surface area (Å²) in [6.07, 6.45) is 0.628. The number of benzene rings is 1. The number of nitrogens with one attached hydrogen (secondary N) is 1. The van der Waals surface area contributed by atoms with E-state index in [0.717, 1.165) is 11.3 Å². The highest BCUT2D eigenvalue weighted by molar-refractivity contribution is 7.89. The molecule has 0 aliphatic carbocycles. The summed E-state index contributed by atoms with van der Waals surface area (Å²) in [5, 5.41) is 10.6. The number of anilines is 1. The third-order valence-corrected chi connectivity index (χ3v) is 6.43. The van der Waals surface area contributed by atoms with Crippen molar-refractivity contribution in [3.05, 3.63) is 46.2 Å². The Kier molecular flexibility index (Phi) is 5.47. The lowest BCUT2D eigenvalue weighted by molar-refractivity contribution is -0.117. The average molecular weight is 394 g/mol. The molecule has 0 spiro atoms. The molecule has 140 valence electrons. The molecule has 1 atom stereocenters. The number of carbonyl (C=O) groups is 1. The molecule has 2 heterocycles. The van der Waals surface area contributed by atoms with Crippen LogP contribution in [0.2, 0.25) is 0 Å². The lowest BCUT2D eigenvalue weighted by Gasteiger charge is -2.23. The molecule has 1 aromatic heterocycles. The maximum absolute atomic E-state index is 12.7. The van der Waals surface area contributed by atoms with Crippen LogP contribution >= 0.6 is 11.3 Å². The van der Waals surface area contributed by atoms with Gasteiger partial charge in [-0.05, 0) is 47.5 Å². The fraction of sp³-hybridized carbons (Fsp3) is 0.389. The van der Waals surface area contributed by atoms with E-state index in [2.05, 4.69) is 25.2 Å². The van der Waals surface area contributed by atoms with Crippen molar-refractivity contribution in [2.24, 2.45) is 11.1 Å². The van der Waals surface area contributed by atoms with Gasteiger partial charge in [0, 0.05) is 23.2 Å². The quantitative estimate of drug-likeness (QED) is 0.787. The number of hydrogen-bond acceptors (Lipinski definition) is 5. The van der Waals surface area contributed by atoms with Gasteiger partial charge in [0.05, 0.1) is 11.4 Å². The van der Waals surface area contributed by atoms with Gasteiger partial charge in [-0.3, -0.25) is 4.79 Å². The Morgan fingerprint density at radius 2 is 2.12 bits per heavy atom.